The van der Waals surface area contributed by atoms with E-state index in [9.17, 15) is 5.11 Å². The number of hydrogen-bond acceptors (Lipinski definition) is 3. The Balaban J connectivity index is 1.98. The Hall–Kier alpha value is -0.900. The molecule has 1 saturated heterocycles. The van der Waals surface area contributed by atoms with Crippen LogP contribution < -0.4 is 0 Å². The molecular formula is C18H29NO2. The molecule has 1 aromatic rings. The largest absolute Gasteiger partial charge is 0.387 e. The number of ether oxygens (including phenoxy) is 1. The van der Waals surface area contributed by atoms with Gasteiger partial charge in [-0.1, -0.05) is 45.0 Å². The van der Waals surface area contributed by atoms with Crippen molar-refractivity contribution in [2.24, 2.45) is 0 Å². The van der Waals surface area contributed by atoms with E-state index in [1.54, 1.807) is 0 Å². The quantitative estimate of drug-likeness (QED) is 0.928. The number of aliphatic hydroxyl groups excluding tert-OH is 1. The number of nitrogens with zero attached hydrogens (tertiary/aromatic N) is 1. The molecule has 3 nitrogen and oxygen atoms in total. The normalized spacial score (nSPS) is 21.2. The molecule has 0 radical (unpaired) electrons. The fraction of sp³-hybridized carbons (Fsp3) is 0.667. The van der Waals surface area contributed by atoms with E-state index >= 15 is 0 Å². The molecule has 0 bridgehead atoms. The first-order chi connectivity index (χ1) is 9.67. The number of aliphatic hydroxyl groups is 1. The second kappa shape index (κ2) is 6.07. The lowest BCUT2D eigenvalue weighted by molar-refractivity contribution is -0.0932. The molecule has 0 spiro atoms. The minimum atomic E-state index is -0.437. The third-order valence-electron chi connectivity index (χ3n) is 4.10. The van der Waals surface area contributed by atoms with E-state index in [1.807, 2.05) is 0 Å². The number of benzene rings is 1. The van der Waals surface area contributed by atoms with Crippen molar-refractivity contribution in [2.45, 2.75) is 51.7 Å². The Morgan fingerprint density at radius 1 is 1.24 bits per heavy atom. The Labute approximate surface area is 128 Å². The maximum atomic E-state index is 10.5. The fourth-order valence-electron chi connectivity index (χ4n) is 2.83. The van der Waals surface area contributed by atoms with Gasteiger partial charge < -0.3 is 9.84 Å². The minimum absolute atomic E-state index is 0.117. The second-order valence-electron chi connectivity index (χ2n) is 7.73. The highest BCUT2D eigenvalue weighted by molar-refractivity contribution is 5.28. The van der Waals surface area contributed by atoms with E-state index in [1.165, 1.54) is 5.56 Å². The summed E-state index contributed by atoms with van der Waals surface area (Å²) in [7, 11) is 0. The number of morpholine rings is 1. The Morgan fingerprint density at radius 2 is 1.86 bits per heavy atom. The van der Waals surface area contributed by atoms with Crippen LogP contribution in [0.25, 0.3) is 0 Å². The highest BCUT2D eigenvalue weighted by Crippen LogP contribution is 2.25. The van der Waals surface area contributed by atoms with Crippen molar-refractivity contribution in [2.75, 3.05) is 26.2 Å². The molecule has 0 aromatic heterocycles. The van der Waals surface area contributed by atoms with E-state index in [0.717, 1.165) is 25.3 Å². The number of β-amino-alcohol motifs (C(OH)–C–C–N with tert-alkyl or cyclic N) is 1. The van der Waals surface area contributed by atoms with E-state index in [2.05, 4.69) is 63.8 Å². The first kappa shape index (κ1) is 16.5. The lowest BCUT2D eigenvalue weighted by Gasteiger charge is -2.39. The van der Waals surface area contributed by atoms with Gasteiger partial charge in [-0.2, -0.15) is 0 Å². The molecule has 1 atom stereocenters. The molecule has 1 heterocycles. The first-order valence-corrected chi connectivity index (χ1v) is 7.82. The predicted molar refractivity (Wildman–Crippen MR) is 86.6 cm³/mol. The van der Waals surface area contributed by atoms with E-state index in [4.69, 9.17) is 4.74 Å². The molecule has 1 unspecified atom stereocenters. The van der Waals surface area contributed by atoms with Crippen molar-refractivity contribution in [3.05, 3.63) is 35.4 Å². The highest BCUT2D eigenvalue weighted by Gasteiger charge is 2.28. The van der Waals surface area contributed by atoms with Gasteiger partial charge in [-0.25, -0.2) is 0 Å². The van der Waals surface area contributed by atoms with Gasteiger partial charge in [0.25, 0.3) is 0 Å². The van der Waals surface area contributed by atoms with Gasteiger partial charge in [-0.3, -0.25) is 4.90 Å². The minimum Gasteiger partial charge on any atom is -0.387 e. The molecule has 1 fully saturated rings. The third-order valence-corrected chi connectivity index (χ3v) is 4.10. The van der Waals surface area contributed by atoms with Gasteiger partial charge in [-0.15, -0.1) is 0 Å². The molecule has 0 saturated carbocycles. The standard InChI is InChI=1S/C18H29NO2/c1-17(2,3)15-8-6-14(7-9-15)16(20)12-19-10-11-21-18(4,5)13-19/h6-9,16,20H,10-13H2,1-5H3. The Kier molecular flexibility index (Phi) is 4.76. The molecule has 3 heteroatoms. The molecule has 1 N–H and O–H groups in total. The topological polar surface area (TPSA) is 32.7 Å². The molecular weight excluding hydrogens is 262 g/mol. The lowest BCUT2D eigenvalue weighted by Crippen LogP contribution is -2.49. The van der Waals surface area contributed by atoms with E-state index in [-0.39, 0.29) is 11.0 Å². The molecule has 2 rings (SSSR count). The summed E-state index contributed by atoms with van der Waals surface area (Å²) in [6, 6.07) is 8.36. The van der Waals surface area contributed by atoms with Crippen molar-refractivity contribution in [1.82, 2.24) is 4.90 Å². The number of hydrogen-bond donors (Lipinski definition) is 1. The van der Waals surface area contributed by atoms with Gasteiger partial charge >= 0.3 is 0 Å². The Bertz CT molecular complexity index is 459. The van der Waals surface area contributed by atoms with Crippen molar-refractivity contribution in [3.8, 4) is 0 Å². The van der Waals surface area contributed by atoms with Crippen molar-refractivity contribution >= 4 is 0 Å². The zero-order valence-corrected chi connectivity index (χ0v) is 14.0. The molecule has 0 amide bonds. The smallest absolute Gasteiger partial charge is 0.0916 e. The van der Waals surface area contributed by atoms with Gasteiger partial charge in [0.2, 0.25) is 0 Å². The summed E-state index contributed by atoms with van der Waals surface area (Å²) >= 11 is 0. The summed E-state index contributed by atoms with van der Waals surface area (Å²) in [4.78, 5) is 2.28. The van der Waals surface area contributed by atoms with Gasteiger partial charge in [0.05, 0.1) is 18.3 Å². The van der Waals surface area contributed by atoms with Crippen LogP contribution in [0.15, 0.2) is 24.3 Å². The SMILES string of the molecule is CC1(C)CN(CC(O)c2ccc(C(C)(C)C)cc2)CCO1. The predicted octanol–water partition coefficient (Wildman–Crippen LogP) is 3.13. The summed E-state index contributed by atoms with van der Waals surface area (Å²) in [5.41, 5.74) is 2.32. The third kappa shape index (κ3) is 4.53. The molecule has 0 aliphatic carbocycles. The average Bonchev–Trinajstić information content (AvgIpc) is 2.36. The Morgan fingerprint density at radius 3 is 2.38 bits per heavy atom. The van der Waals surface area contributed by atoms with Crippen LogP contribution in [0.5, 0.6) is 0 Å². The van der Waals surface area contributed by atoms with Crippen molar-refractivity contribution < 1.29 is 9.84 Å². The molecule has 1 aromatic carbocycles. The van der Waals surface area contributed by atoms with Crippen LogP contribution in [-0.4, -0.2) is 41.8 Å². The second-order valence-corrected chi connectivity index (χ2v) is 7.73. The zero-order valence-electron chi connectivity index (χ0n) is 14.0. The van der Waals surface area contributed by atoms with Gasteiger partial charge in [0, 0.05) is 19.6 Å². The van der Waals surface area contributed by atoms with Crippen LogP contribution in [0.2, 0.25) is 0 Å². The van der Waals surface area contributed by atoms with Crippen LogP contribution in [-0.2, 0) is 10.2 Å². The zero-order chi connectivity index (χ0) is 15.7. The van der Waals surface area contributed by atoms with Gasteiger partial charge in [-0.05, 0) is 30.4 Å². The van der Waals surface area contributed by atoms with Crippen molar-refractivity contribution in [1.29, 1.82) is 0 Å². The summed E-state index contributed by atoms with van der Waals surface area (Å²) < 4.78 is 5.71. The monoisotopic (exact) mass is 291 g/mol. The van der Waals surface area contributed by atoms with E-state index < -0.39 is 6.10 Å². The van der Waals surface area contributed by atoms with Crippen LogP contribution >= 0.6 is 0 Å². The van der Waals surface area contributed by atoms with E-state index in [0.29, 0.717) is 6.54 Å². The van der Waals surface area contributed by atoms with Crippen LogP contribution in [0.4, 0.5) is 0 Å². The van der Waals surface area contributed by atoms with Gasteiger partial charge in [0.1, 0.15) is 0 Å². The average molecular weight is 291 g/mol. The van der Waals surface area contributed by atoms with Gasteiger partial charge in [0.15, 0.2) is 0 Å². The maximum Gasteiger partial charge on any atom is 0.0916 e. The molecule has 1 aliphatic heterocycles. The highest BCUT2D eigenvalue weighted by atomic mass is 16.5. The maximum absolute atomic E-state index is 10.5. The van der Waals surface area contributed by atoms with Crippen LogP contribution in [0.1, 0.15) is 51.8 Å². The van der Waals surface area contributed by atoms with Crippen LogP contribution in [0.3, 0.4) is 0 Å². The molecule has 118 valence electrons. The number of rotatable bonds is 3. The fourth-order valence-corrected chi connectivity index (χ4v) is 2.83. The summed E-state index contributed by atoms with van der Waals surface area (Å²) in [6.45, 7) is 14.0. The van der Waals surface area contributed by atoms with Crippen LogP contribution in [0, 0.1) is 0 Å². The lowest BCUT2D eigenvalue weighted by atomic mass is 9.86. The first-order valence-electron chi connectivity index (χ1n) is 7.82. The summed E-state index contributed by atoms with van der Waals surface area (Å²) in [5.74, 6) is 0. The molecule has 21 heavy (non-hydrogen) atoms. The summed E-state index contributed by atoms with van der Waals surface area (Å²) in [6.07, 6.45) is -0.437. The van der Waals surface area contributed by atoms with Crippen molar-refractivity contribution in [3.63, 3.8) is 0 Å². The molecule has 1 aliphatic rings. The summed E-state index contributed by atoms with van der Waals surface area (Å²) in [5, 5.41) is 10.5.